The largest absolute Gasteiger partial charge is 0.374 e. The molecule has 0 atom stereocenters. The molecule has 32 heavy (non-hydrogen) atoms. The molecule has 0 fully saturated rings. The van der Waals surface area contributed by atoms with Crippen molar-refractivity contribution in [2.45, 2.75) is 123 Å². The van der Waals surface area contributed by atoms with Crippen LogP contribution in [0.25, 0.3) is 0 Å². The zero-order valence-electron chi connectivity index (χ0n) is 21.5. The molecule has 1 aliphatic rings. The SMILES string of the molecule is CCCCCCCCCCCC[n+]1ccccc1.CCCCCCCCN1C=CC=CC1. The van der Waals surface area contributed by atoms with Gasteiger partial charge < -0.3 is 4.90 Å². The van der Waals surface area contributed by atoms with Gasteiger partial charge in [-0.25, -0.2) is 4.57 Å². The van der Waals surface area contributed by atoms with E-state index in [1.807, 2.05) is 0 Å². The van der Waals surface area contributed by atoms with Crippen molar-refractivity contribution < 1.29 is 4.57 Å². The lowest BCUT2D eigenvalue weighted by Gasteiger charge is -2.20. The molecule has 2 rings (SSSR count). The van der Waals surface area contributed by atoms with Gasteiger partial charge in [-0.05, 0) is 25.1 Å². The van der Waals surface area contributed by atoms with E-state index in [4.69, 9.17) is 0 Å². The minimum absolute atomic E-state index is 1.10. The fraction of sp³-hybridized carbons (Fsp3) is 0.700. The fourth-order valence-electron chi connectivity index (χ4n) is 4.13. The number of nitrogens with zero attached hydrogens (tertiary/aromatic N) is 2. The standard InChI is InChI=1S/C17H30N.C13H23N/c1-2-3-4-5-6-7-8-9-10-12-15-18-16-13-11-14-17-18;1-2-3-4-5-6-8-11-14-12-9-7-10-13-14/h11,13-14,16-17H,2-10,12,15H2,1H3;7,9-10,12H,2-6,8,11,13H2,1H3/q+1;. The number of pyridine rings is 1. The second-order valence-electron chi connectivity index (χ2n) is 9.33. The minimum atomic E-state index is 1.10. The molecule has 0 N–H and O–H groups in total. The van der Waals surface area contributed by atoms with Crippen molar-refractivity contribution in [1.82, 2.24) is 4.90 Å². The number of rotatable bonds is 18. The first-order chi connectivity index (χ1) is 15.9. The first-order valence-electron chi connectivity index (χ1n) is 13.9. The summed E-state index contributed by atoms with van der Waals surface area (Å²) in [4.78, 5) is 2.39. The number of aryl methyl sites for hydroxylation is 1. The topological polar surface area (TPSA) is 7.12 Å². The number of hydrogen-bond acceptors (Lipinski definition) is 1. The van der Waals surface area contributed by atoms with Crippen molar-refractivity contribution in [3.63, 3.8) is 0 Å². The third-order valence-electron chi connectivity index (χ3n) is 6.23. The molecule has 0 saturated heterocycles. The molecular weight excluding hydrogens is 388 g/mol. The van der Waals surface area contributed by atoms with E-state index in [1.54, 1.807) is 0 Å². The van der Waals surface area contributed by atoms with Crippen LogP contribution in [0.4, 0.5) is 0 Å². The molecule has 0 aromatic carbocycles. The van der Waals surface area contributed by atoms with Gasteiger partial charge >= 0.3 is 0 Å². The lowest BCUT2D eigenvalue weighted by Crippen LogP contribution is -2.32. The van der Waals surface area contributed by atoms with Gasteiger partial charge in [-0.3, -0.25) is 0 Å². The number of aromatic nitrogens is 1. The second kappa shape index (κ2) is 22.6. The Labute approximate surface area is 200 Å². The van der Waals surface area contributed by atoms with Crippen LogP contribution in [0.5, 0.6) is 0 Å². The van der Waals surface area contributed by atoms with Gasteiger partial charge in [-0.15, -0.1) is 0 Å². The van der Waals surface area contributed by atoms with Gasteiger partial charge in [0.05, 0.1) is 0 Å². The lowest BCUT2D eigenvalue weighted by molar-refractivity contribution is -0.697. The summed E-state index contributed by atoms with van der Waals surface area (Å²) in [5.41, 5.74) is 0. The van der Waals surface area contributed by atoms with Gasteiger partial charge in [0.1, 0.15) is 6.54 Å². The van der Waals surface area contributed by atoms with E-state index < -0.39 is 0 Å². The zero-order chi connectivity index (χ0) is 23.0. The van der Waals surface area contributed by atoms with Crippen LogP contribution in [0.1, 0.15) is 117 Å². The summed E-state index contributed by atoms with van der Waals surface area (Å²) in [6, 6.07) is 6.29. The average molecular weight is 442 g/mol. The third-order valence-corrected chi connectivity index (χ3v) is 6.23. The van der Waals surface area contributed by atoms with Crippen molar-refractivity contribution >= 4 is 0 Å². The van der Waals surface area contributed by atoms with Gasteiger partial charge in [0.25, 0.3) is 0 Å². The van der Waals surface area contributed by atoms with E-state index in [9.17, 15) is 0 Å². The monoisotopic (exact) mass is 441 g/mol. The van der Waals surface area contributed by atoms with Gasteiger partial charge in [0, 0.05) is 31.6 Å². The predicted molar refractivity (Wildman–Crippen MR) is 142 cm³/mol. The van der Waals surface area contributed by atoms with Crippen LogP contribution in [-0.4, -0.2) is 18.0 Å². The highest BCUT2D eigenvalue weighted by molar-refractivity contribution is 5.08. The summed E-state index contributed by atoms with van der Waals surface area (Å²) in [5.74, 6) is 0. The Kier molecular flexibility index (Phi) is 20.1. The number of hydrogen-bond donors (Lipinski definition) is 0. The third kappa shape index (κ3) is 18.0. The summed E-state index contributed by atoms with van der Waals surface area (Å²) in [7, 11) is 0. The van der Waals surface area contributed by atoms with Crippen LogP contribution in [-0.2, 0) is 6.54 Å². The van der Waals surface area contributed by atoms with Crippen LogP contribution in [0.2, 0.25) is 0 Å². The highest BCUT2D eigenvalue weighted by Crippen LogP contribution is 2.10. The van der Waals surface area contributed by atoms with Crippen LogP contribution in [0.3, 0.4) is 0 Å². The Morgan fingerprint density at radius 3 is 1.66 bits per heavy atom. The molecule has 0 radical (unpaired) electrons. The minimum Gasteiger partial charge on any atom is -0.374 e. The maximum atomic E-state index is 2.39. The molecule has 0 spiro atoms. The summed E-state index contributed by atoms with van der Waals surface area (Å²) in [6.45, 7) is 8.06. The predicted octanol–water partition coefficient (Wildman–Crippen LogP) is 8.63. The van der Waals surface area contributed by atoms with Gasteiger partial charge in [-0.1, -0.05) is 116 Å². The summed E-state index contributed by atoms with van der Waals surface area (Å²) < 4.78 is 2.28. The highest BCUT2D eigenvalue weighted by atomic mass is 15.1. The Morgan fingerprint density at radius 2 is 1.12 bits per heavy atom. The van der Waals surface area contributed by atoms with Crippen molar-refractivity contribution in [2.24, 2.45) is 0 Å². The van der Waals surface area contributed by atoms with E-state index in [0.717, 1.165) is 6.54 Å². The van der Waals surface area contributed by atoms with Crippen LogP contribution in [0.15, 0.2) is 55.0 Å². The van der Waals surface area contributed by atoms with E-state index in [0.29, 0.717) is 0 Å². The maximum absolute atomic E-state index is 2.39. The smallest absolute Gasteiger partial charge is 0.168 e. The highest BCUT2D eigenvalue weighted by Gasteiger charge is 1.99. The van der Waals surface area contributed by atoms with Gasteiger partial charge in [-0.2, -0.15) is 0 Å². The molecule has 0 bridgehead atoms. The molecule has 0 aliphatic carbocycles. The quantitative estimate of drug-likeness (QED) is 0.163. The molecule has 1 aromatic rings. The molecular formula is C30H53N2+. The molecule has 0 amide bonds. The number of allylic oxidation sites excluding steroid dienone is 2. The van der Waals surface area contributed by atoms with Gasteiger partial charge in [0.15, 0.2) is 12.4 Å². The summed E-state index contributed by atoms with van der Waals surface area (Å²) in [6.07, 6.45) is 35.5. The average Bonchev–Trinajstić information content (AvgIpc) is 2.84. The Morgan fingerprint density at radius 1 is 0.594 bits per heavy atom. The fourth-order valence-corrected chi connectivity index (χ4v) is 4.13. The Balaban J connectivity index is 0.000000330. The molecule has 182 valence electrons. The normalized spacial score (nSPS) is 12.6. The van der Waals surface area contributed by atoms with E-state index in [2.05, 4.69) is 78.3 Å². The molecule has 1 aromatic heterocycles. The van der Waals surface area contributed by atoms with E-state index >= 15 is 0 Å². The molecule has 2 heterocycles. The first-order valence-corrected chi connectivity index (χ1v) is 13.9. The number of unbranched alkanes of at least 4 members (excludes halogenated alkanes) is 14. The van der Waals surface area contributed by atoms with Crippen molar-refractivity contribution in [2.75, 3.05) is 13.1 Å². The van der Waals surface area contributed by atoms with E-state index in [-0.39, 0.29) is 0 Å². The van der Waals surface area contributed by atoms with Crippen LogP contribution < -0.4 is 4.57 Å². The van der Waals surface area contributed by atoms with Crippen molar-refractivity contribution in [3.8, 4) is 0 Å². The van der Waals surface area contributed by atoms with Crippen LogP contribution in [0, 0.1) is 0 Å². The molecule has 1 aliphatic heterocycles. The zero-order valence-corrected chi connectivity index (χ0v) is 21.5. The molecule has 2 heteroatoms. The second-order valence-corrected chi connectivity index (χ2v) is 9.33. The summed E-state index contributed by atoms with van der Waals surface area (Å²) >= 11 is 0. The Hall–Kier alpha value is -1.57. The first kappa shape index (κ1) is 28.5. The summed E-state index contributed by atoms with van der Waals surface area (Å²) in [5, 5.41) is 0. The van der Waals surface area contributed by atoms with E-state index in [1.165, 1.54) is 116 Å². The van der Waals surface area contributed by atoms with Crippen molar-refractivity contribution in [1.29, 1.82) is 0 Å². The van der Waals surface area contributed by atoms with Crippen molar-refractivity contribution in [3.05, 3.63) is 55.0 Å². The maximum Gasteiger partial charge on any atom is 0.168 e. The van der Waals surface area contributed by atoms with Crippen LogP contribution >= 0.6 is 0 Å². The lowest BCUT2D eigenvalue weighted by atomic mass is 10.1. The molecule has 0 saturated carbocycles. The Bertz CT molecular complexity index is 549. The van der Waals surface area contributed by atoms with Gasteiger partial charge in [0.2, 0.25) is 0 Å². The molecule has 2 nitrogen and oxygen atoms in total. The molecule has 0 unspecified atom stereocenters.